The van der Waals surface area contributed by atoms with Crippen molar-refractivity contribution in [1.82, 2.24) is 20.8 Å². The highest BCUT2D eigenvalue weighted by atomic mass is 16.2. The molecule has 0 aliphatic carbocycles. The molecule has 4 rings (SSSR count). The molecule has 0 spiro atoms. The van der Waals surface area contributed by atoms with Gasteiger partial charge in [0.15, 0.2) is 0 Å². The van der Waals surface area contributed by atoms with E-state index in [2.05, 4.69) is 20.8 Å². The predicted octanol–water partition coefficient (Wildman–Crippen LogP) is 2.97. The second kappa shape index (κ2) is 7.37. The molecule has 2 aromatic heterocycles. The van der Waals surface area contributed by atoms with Crippen LogP contribution in [0.1, 0.15) is 17.5 Å². The van der Waals surface area contributed by atoms with Crippen molar-refractivity contribution in [3.8, 4) is 0 Å². The molecule has 2 aromatic carbocycles. The molecule has 2 amide bonds. The molecule has 6 nitrogen and oxygen atoms in total. The lowest BCUT2D eigenvalue weighted by Gasteiger charge is -2.07. The van der Waals surface area contributed by atoms with Gasteiger partial charge >= 0.3 is 0 Å². The summed E-state index contributed by atoms with van der Waals surface area (Å²) >= 11 is 0. The maximum absolute atomic E-state index is 12.1. The predicted molar refractivity (Wildman–Crippen MR) is 105 cm³/mol. The summed E-state index contributed by atoms with van der Waals surface area (Å²) in [5, 5.41) is 2.13. The van der Waals surface area contributed by atoms with Crippen molar-refractivity contribution in [2.45, 2.75) is 19.3 Å². The molecule has 0 radical (unpaired) electrons. The molecule has 0 saturated heterocycles. The number of aryl methyl sites for hydroxylation is 1. The molecule has 0 fully saturated rings. The van der Waals surface area contributed by atoms with Crippen molar-refractivity contribution in [3.63, 3.8) is 0 Å². The van der Waals surface area contributed by atoms with Gasteiger partial charge in [-0.1, -0.05) is 36.4 Å². The summed E-state index contributed by atoms with van der Waals surface area (Å²) in [7, 11) is 0. The Hall–Kier alpha value is -3.54. The minimum atomic E-state index is -0.250. The summed E-state index contributed by atoms with van der Waals surface area (Å²) < 4.78 is 0. The van der Waals surface area contributed by atoms with Gasteiger partial charge in [-0.2, -0.15) is 0 Å². The van der Waals surface area contributed by atoms with E-state index in [4.69, 9.17) is 0 Å². The monoisotopic (exact) mass is 360 g/mol. The Kier molecular flexibility index (Phi) is 4.61. The lowest BCUT2D eigenvalue weighted by Crippen LogP contribution is -2.42. The molecular formula is C21H20N4O2. The average molecular weight is 360 g/mol. The molecule has 0 aliphatic heterocycles. The Morgan fingerprint density at radius 3 is 2.00 bits per heavy atom. The molecular weight excluding hydrogens is 340 g/mol. The first-order valence-electron chi connectivity index (χ1n) is 8.88. The highest BCUT2D eigenvalue weighted by Crippen LogP contribution is 2.19. The number of carbonyl (C=O) groups excluding carboxylic acids is 2. The number of benzene rings is 2. The summed E-state index contributed by atoms with van der Waals surface area (Å²) in [6, 6.07) is 15.8. The van der Waals surface area contributed by atoms with E-state index in [1.165, 1.54) is 0 Å². The van der Waals surface area contributed by atoms with Crippen LogP contribution in [0.3, 0.4) is 0 Å². The van der Waals surface area contributed by atoms with Crippen molar-refractivity contribution >= 4 is 33.6 Å². The third-order valence-corrected chi connectivity index (χ3v) is 4.66. The first kappa shape index (κ1) is 16.9. The smallest absolute Gasteiger partial charge is 0.242 e. The van der Waals surface area contributed by atoms with Crippen molar-refractivity contribution < 1.29 is 9.59 Å². The Morgan fingerprint density at radius 2 is 1.30 bits per heavy atom. The van der Waals surface area contributed by atoms with E-state index in [9.17, 15) is 9.59 Å². The van der Waals surface area contributed by atoms with Crippen molar-refractivity contribution in [3.05, 3.63) is 72.1 Å². The molecule has 2 heterocycles. The van der Waals surface area contributed by atoms with Gasteiger partial charge in [-0.25, -0.2) is 0 Å². The number of carbonyl (C=O) groups is 2. The van der Waals surface area contributed by atoms with E-state index in [-0.39, 0.29) is 18.2 Å². The van der Waals surface area contributed by atoms with Crippen molar-refractivity contribution in [2.24, 2.45) is 0 Å². The molecule has 6 heteroatoms. The topological polar surface area (TPSA) is 89.8 Å². The maximum Gasteiger partial charge on any atom is 0.242 e. The van der Waals surface area contributed by atoms with Gasteiger partial charge in [0.1, 0.15) is 0 Å². The van der Waals surface area contributed by atoms with E-state index >= 15 is 0 Å². The van der Waals surface area contributed by atoms with Crippen LogP contribution in [0.25, 0.3) is 21.8 Å². The number of nitrogens with one attached hydrogen (secondary N) is 4. The van der Waals surface area contributed by atoms with E-state index in [0.29, 0.717) is 12.8 Å². The zero-order valence-corrected chi connectivity index (χ0v) is 14.7. The number of amides is 2. The fourth-order valence-electron chi connectivity index (χ4n) is 3.28. The molecule has 0 aliphatic rings. The molecule has 4 N–H and O–H groups in total. The molecule has 0 bridgehead atoms. The van der Waals surface area contributed by atoms with Crippen LogP contribution in [0.15, 0.2) is 60.9 Å². The van der Waals surface area contributed by atoms with Gasteiger partial charge in [0.2, 0.25) is 11.8 Å². The minimum absolute atomic E-state index is 0.201. The molecule has 0 atom stereocenters. The molecule has 4 aromatic rings. The third kappa shape index (κ3) is 3.69. The zero-order chi connectivity index (χ0) is 18.6. The Balaban J connectivity index is 1.28. The number of aromatic amines is 2. The minimum Gasteiger partial charge on any atom is -0.361 e. The van der Waals surface area contributed by atoms with Gasteiger partial charge in [0.25, 0.3) is 0 Å². The van der Waals surface area contributed by atoms with Crippen LogP contribution < -0.4 is 10.9 Å². The van der Waals surface area contributed by atoms with E-state index < -0.39 is 0 Å². The molecule has 0 unspecified atom stereocenters. The Morgan fingerprint density at radius 1 is 0.741 bits per heavy atom. The highest BCUT2D eigenvalue weighted by molar-refractivity contribution is 5.90. The summed E-state index contributed by atoms with van der Waals surface area (Å²) in [4.78, 5) is 30.5. The quantitative estimate of drug-likeness (QED) is 0.412. The number of hydrazine groups is 1. The number of aromatic nitrogens is 2. The fourth-order valence-corrected chi connectivity index (χ4v) is 3.28. The Bertz CT molecular complexity index is 1110. The summed E-state index contributed by atoms with van der Waals surface area (Å²) in [6.45, 7) is 0. The summed E-state index contributed by atoms with van der Waals surface area (Å²) in [5.41, 5.74) is 9.02. The van der Waals surface area contributed by atoms with Gasteiger partial charge in [-0.3, -0.25) is 20.4 Å². The largest absolute Gasteiger partial charge is 0.361 e. The normalized spacial score (nSPS) is 11.0. The second-order valence-electron chi connectivity index (χ2n) is 6.49. The zero-order valence-electron chi connectivity index (χ0n) is 14.7. The number of H-pyrrole nitrogens is 2. The Labute approximate surface area is 155 Å². The lowest BCUT2D eigenvalue weighted by atomic mass is 10.1. The van der Waals surface area contributed by atoms with Gasteiger partial charge in [0, 0.05) is 40.6 Å². The van der Waals surface area contributed by atoms with E-state index in [1.54, 1.807) is 0 Å². The SMILES string of the molecule is O=C(CCc1c[nH]c2ccccc12)NNC(=O)Cc1c[nH]c2ccccc12. The summed E-state index contributed by atoms with van der Waals surface area (Å²) in [6.07, 6.45) is 4.85. The molecule has 136 valence electrons. The fraction of sp³-hybridized carbons (Fsp3) is 0.143. The van der Waals surface area contributed by atoms with Crippen LogP contribution in [-0.2, 0) is 22.4 Å². The van der Waals surface area contributed by atoms with E-state index in [1.807, 2.05) is 60.9 Å². The van der Waals surface area contributed by atoms with E-state index in [0.717, 1.165) is 32.9 Å². The standard InChI is InChI=1S/C21H20N4O2/c26-20(10-9-14-12-22-18-7-3-1-5-16(14)18)24-25-21(27)11-15-13-23-19-8-4-2-6-17(15)19/h1-8,12-13,22-23H,9-11H2,(H,24,26)(H,25,27). The number of para-hydroxylation sites is 2. The van der Waals surface area contributed by atoms with Crippen molar-refractivity contribution in [1.29, 1.82) is 0 Å². The van der Waals surface area contributed by atoms with Crippen LogP contribution in [0.2, 0.25) is 0 Å². The third-order valence-electron chi connectivity index (χ3n) is 4.66. The highest BCUT2D eigenvalue weighted by Gasteiger charge is 2.10. The number of fused-ring (bicyclic) bond motifs is 2. The average Bonchev–Trinajstić information content (AvgIpc) is 3.29. The van der Waals surface area contributed by atoms with Crippen LogP contribution in [-0.4, -0.2) is 21.8 Å². The van der Waals surface area contributed by atoms with Gasteiger partial charge in [-0.15, -0.1) is 0 Å². The van der Waals surface area contributed by atoms with Gasteiger partial charge in [-0.05, 0) is 29.7 Å². The van der Waals surface area contributed by atoms with Crippen LogP contribution >= 0.6 is 0 Å². The number of hydrogen-bond acceptors (Lipinski definition) is 2. The first-order chi connectivity index (χ1) is 13.2. The van der Waals surface area contributed by atoms with Gasteiger partial charge < -0.3 is 9.97 Å². The van der Waals surface area contributed by atoms with Crippen molar-refractivity contribution in [2.75, 3.05) is 0 Å². The summed E-state index contributed by atoms with van der Waals surface area (Å²) in [5.74, 6) is -0.465. The molecule has 0 saturated carbocycles. The van der Waals surface area contributed by atoms with Gasteiger partial charge in [0.05, 0.1) is 6.42 Å². The van der Waals surface area contributed by atoms with Crippen LogP contribution in [0.4, 0.5) is 0 Å². The first-order valence-corrected chi connectivity index (χ1v) is 8.88. The maximum atomic E-state index is 12.1. The lowest BCUT2D eigenvalue weighted by molar-refractivity contribution is -0.128. The number of hydrogen-bond donors (Lipinski definition) is 4. The van der Waals surface area contributed by atoms with Crippen LogP contribution in [0.5, 0.6) is 0 Å². The van der Waals surface area contributed by atoms with Crippen LogP contribution in [0, 0.1) is 0 Å². The second-order valence-corrected chi connectivity index (χ2v) is 6.49. The molecule has 27 heavy (non-hydrogen) atoms. The number of rotatable bonds is 5.